The summed E-state index contributed by atoms with van der Waals surface area (Å²) in [6, 6.07) is 11.2. The third-order valence-electron chi connectivity index (χ3n) is 5.03. The number of hydrogen-bond donors (Lipinski definition) is 2. The number of ketones is 1. The number of rotatable bonds is 8. The molecule has 1 aliphatic rings. The number of aliphatic hydroxyl groups excluding tert-OH is 1. The van der Waals surface area contributed by atoms with Crippen LogP contribution in [0.25, 0.3) is 0 Å². The highest BCUT2D eigenvalue weighted by atomic mass is 19.1. The Hall–Kier alpha value is -3.26. The van der Waals surface area contributed by atoms with Crippen LogP contribution in [0.4, 0.5) is 9.18 Å². The maximum atomic E-state index is 13.2. The number of β-amino-alcohol motifs (C(OH)–C–C–N with tert-alkyl or cyclic N) is 1. The van der Waals surface area contributed by atoms with E-state index in [2.05, 4.69) is 5.32 Å². The van der Waals surface area contributed by atoms with Gasteiger partial charge in [-0.3, -0.25) is 14.5 Å². The zero-order valence-corrected chi connectivity index (χ0v) is 16.7. The van der Waals surface area contributed by atoms with Gasteiger partial charge in [0.2, 0.25) is 0 Å². The van der Waals surface area contributed by atoms with E-state index in [9.17, 15) is 23.9 Å². The van der Waals surface area contributed by atoms with E-state index in [-0.39, 0.29) is 18.9 Å². The average molecular weight is 414 g/mol. The summed E-state index contributed by atoms with van der Waals surface area (Å²) in [6.07, 6.45) is -0.714. The Kier molecular flexibility index (Phi) is 6.17. The molecular weight excluding hydrogens is 391 g/mol. The highest BCUT2D eigenvalue weighted by Crippen LogP contribution is 2.29. The second-order valence-electron chi connectivity index (χ2n) is 7.24. The van der Waals surface area contributed by atoms with E-state index in [0.29, 0.717) is 23.3 Å². The Morgan fingerprint density at radius 3 is 2.40 bits per heavy atom. The molecule has 30 heavy (non-hydrogen) atoms. The van der Waals surface area contributed by atoms with Crippen LogP contribution in [0.5, 0.6) is 5.75 Å². The van der Waals surface area contributed by atoms with Gasteiger partial charge in [-0.1, -0.05) is 19.1 Å². The van der Waals surface area contributed by atoms with E-state index in [1.807, 2.05) is 0 Å². The Labute approximate surface area is 173 Å². The van der Waals surface area contributed by atoms with Gasteiger partial charge < -0.3 is 15.2 Å². The van der Waals surface area contributed by atoms with Crippen LogP contribution < -0.4 is 10.1 Å². The van der Waals surface area contributed by atoms with E-state index >= 15 is 0 Å². The first-order valence-corrected chi connectivity index (χ1v) is 9.59. The third-order valence-corrected chi connectivity index (χ3v) is 5.03. The predicted molar refractivity (Wildman–Crippen MR) is 107 cm³/mol. The molecule has 0 aliphatic carbocycles. The second kappa shape index (κ2) is 8.62. The summed E-state index contributed by atoms with van der Waals surface area (Å²) in [7, 11) is 0. The van der Waals surface area contributed by atoms with Crippen LogP contribution in [-0.4, -0.2) is 47.0 Å². The molecule has 1 aliphatic heterocycles. The van der Waals surface area contributed by atoms with Crippen LogP contribution in [0, 0.1) is 5.82 Å². The minimum atomic E-state index is -1.34. The predicted octanol–water partition coefficient (Wildman–Crippen LogP) is 2.63. The van der Waals surface area contributed by atoms with Crippen molar-refractivity contribution in [3.63, 3.8) is 0 Å². The number of halogens is 1. The van der Waals surface area contributed by atoms with Crippen molar-refractivity contribution in [2.45, 2.75) is 31.9 Å². The molecule has 2 aromatic rings. The van der Waals surface area contributed by atoms with Crippen LogP contribution in [0.1, 0.15) is 36.2 Å². The van der Waals surface area contributed by atoms with E-state index in [1.54, 1.807) is 31.2 Å². The van der Waals surface area contributed by atoms with E-state index in [0.717, 1.165) is 4.90 Å². The lowest BCUT2D eigenvalue weighted by Gasteiger charge is -2.23. The van der Waals surface area contributed by atoms with Crippen molar-refractivity contribution < 1.29 is 28.6 Å². The van der Waals surface area contributed by atoms with E-state index in [1.165, 1.54) is 31.2 Å². The topological polar surface area (TPSA) is 95.9 Å². The summed E-state index contributed by atoms with van der Waals surface area (Å²) in [5, 5.41) is 12.9. The molecule has 7 nitrogen and oxygen atoms in total. The van der Waals surface area contributed by atoms with Gasteiger partial charge in [-0.25, -0.2) is 9.18 Å². The normalized spacial score (nSPS) is 19.5. The van der Waals surface area contributed by atoms with Gasteiger partial charge >= 0.3 is 6.03 Å². The molecule has 3 rings (SSSR count). The first-order valence-electron chi connectivity index (χ1n) is 9.59. The summed E-state index contributed by atoms with van der Waals surface area (Å²) in [6.45, 7) is 2.90. The van der Waals surface area contributed by atoms with Gasteiger partial charge in [0.15, 0.2) is 5.78 Å². The van der Waals surface area contributed by atoms with Crippen LogP contribution >= 0.6 is 0 Å². The lowest BCUT2D eigenvalue weighted by molar-refractivity contribution is -0.132. The van der Waals surface area contributed by atoms with Crippen molar-refractivity contribution in [2.75, 3.05) is 13.2 Å². The van der Waals surface area contributed by atoms with Crippen molar-refractivity contribution >= 4 is 17.7 Å². The van der Waals surface area contributed by atoms with Crippen LogP contribution in [0.2, 0.25) is 0 Å². The number of nitrogens with one attached hydrogen (secondary N) is 1. The Bertz CT molecular complexity index is 945. The molecule has 2 N–H and O–H groups in total. The molecule has 2 atom stereocenters. The van der Waals surface area contributed by atoms with Crippen molar-refractivity contribution in [1.82, 2.24) is 10.2 Å². The molecule has 0 aromatic heterocycles. The Morgan fingerprint density at radius 2 is 1.80 bits per heavy atom. The van der Waals surface area contributed by atoms with Gasteiger partial charge in [0, 0.05) is 12.0 Å². The maximum absolute atomic E-state index is 13.2. The number of imide groups is 1. The van der Waals surface area contributed by atoms with Crippen LogP contribution in [-0.2, 0) is 10.3 Å². The number of urea groups is 1. The third kappa shape index (κ3) is 4.33. The number of amides is 3. The zero-order valence-electron chi connectivity index (χ0n) is 16.7. The summed E-state index contributed by atoms with van der Waals surface area (Å²) in [5.41, 5.74) is -0.325. The Morgan fingerprint density at radius 1 is 1.17 bits per heavy atom. The maximum Gasteiger partial charge on any atom is 0.325 e. The molecule has 0 radical (unpaired) electrons. The number of ether oxygens (including phenoxy) is 1. The van der Waals surface area contributed by atoms with Crippen molar-refractivity contribution in [1.29, 1.82) is 0 Å². The molecule has 158 valence electrons. The number of hydrogen-bond acceptors (Lipinski definition) is 5. The number of Topliss-reactive ketones (excluding diaryl/α,β-unsaturated/α-hetero) is 1. The molecule has 0 bridgehead atoms. The fraction of sp³-hybridized carbons (Fsp3) is 0.318. The van der Waals surface area contributed by atoms with Gasteiger partial charge in [0.05, 0.1) is 6.54 Å². The molecule has 2 aromatic carbocycles. The van der Waals surface area contributed by atoms with E-state index in [4.69, 9.17) is 4.74 Å². The summed E-state index contributed by atoms with van der Waals surface area (Å²) in [4.78, 5) is 37.7. The standard InChI is InChI=1S/C22H23FN2O5/c1-3-19(27)14-4-10-18(11-5-14)30-13-17(26)12-25-20(28)22(2,24-21(25)29)15-6-8-16(23)9-7-15/h4-11,17,26H,3,12-13H2,1-2H3,(H,24,29). The number of nitrogens with zero attached hydrogens (tertiary/aromatic N) is 1. The molecule has 8 heteroatoms. The van der Waals surface area contributed by atoms with Crippen molar-refractivity contribution in [2.24, 2.45) is 0 Å². The summed E-state index contributed by atoms with van der Waals surface area (Å²) in [5.74, 6) is -0.518. The minimum absolute atomic E-state index is 0.0179. The molecule has 1 heterocycles. The number of carbonyl (C=O) groups excluding carboxylic acids is 3. The molecule has 3 amide bonds. The van der Waals surface area contributed by atoms with Gasteiger partial charge in [-0.15, -0.1) is 0 Å². The number of benzene rings is 2. The first kappa shape index (κ1) is 21.4. The fourth-order valence-corrected chi connectivity index (χ4v) is 3.24. The molecule has 2 unspecified atom stereocenters. The molecule has 0 saturated carbocycles. The molecule has 1 fully saturated rings. The highest BCUT2D eigenvalue weighted by molar-refractivity contribution is 6.07. The van der Waals surface area contributed by atoms with E-state index < -0.39 is 29.4 Å². The minimum Gasteiger partial charge on any atom is -0.491 e. The van der Waals surface area contributed by atoms with Gasteiger partial charge in [-0.05, 0) is 48.9 Å². The highest BCUT2D eigenvalue weighted by Gasteiger charge is 2.49. The lowest BCUT2D eigenvalue weighted by atomic mass is 9.92. The monoisotopic (exact) mass is 414 g/mol. The zero-order chi connectivity index (χ0) is 21.9. The second-order valence-corrected chi connectivity index (χ2v) is 7.24. The molecular formula is C22H23FN2O5. The van der Waals surface area contributed by atoms with Crippen LogP contribution in [0.15, 0.2) is 48.5 Å². The fourth-order valence-electron chi connectivity index (χ4n) is 3.24. The SMILES string of the molecule is CCC(=O)c1ccc(OCC(O)CN2C(=O)NC(C)(c3ccc(F)cc3)C2=O)cc1. The van der Waals surface area contributed by atoms with Crippen molar-refractivity contribution in [3.8, 4) is 5.75 Å². The van der Waals surface area contributed by atoms with Gasteiger partial charge in [0.1, 0.15) is 29.8 Å². The average Bonchev–Trinajstić information content (AvgIpc) is 2.96. The smallest absolute Gasteiger partial charge is 0.325 e. The molecule has 1 saturated heterocycles. The summed E-state index contributed by atoms with van der Waals surface area (Å²) < 4.78 is 18.7. The van der Waals surface area contributed by atoms with Crippen molar-refractivity contribution in [3.05, 3.63) is 65.5 Å². The van der Waals surface area contributed by atoms with Gasteiger partial charge in [-0.2, -0.15) is 0 Å². The Balaban J connectivity index is 1.60. The quantitative estimate of drug-likeness (QED) is 0.511. The molecule has 0 spiro atoms. The largest absolute Gasteiger partial charge is 0.491 e. The number of aliphatic hydroxyl groups is 1. The van der Waals surface area contributed by atoms with Crippen LogP contribution in [0.3, 0.4) is 0 Å². The number of carbonyl (C=O) groups is 3. The van der Waals surface area contributed by atoms with Gasteiger partial charge in [0.25, 0.3) is 5.91 Å². The lowest BCUT2D eigenvalue weighted by Crippen LogP contribution is -2.42. The summed E-state index contributed by atoms with van der Waals surface area (Å²) >= 11 is 0. The first-order chi connectivity index (χ1) is 14.2.